The molecule has 0 aromatic carbocycles. The summed E-state index contributed by atoms with van der Waals surface area (Å²) in [4.78, 5) is 16.7. The average Bonchev–Trinajstić information content (AvgIpc) is 3.02. The Hall–Kier alpha value is -1.33. The van der Waals surface area contributed by atoms with Crippen LogP contribution in [0.3, 0.4) is 0 Å². The van der Waals surface area contributed by atoms with Crippen LogP contribution in [0.5, 0.6) is 0 Å². The summed E-state index contributed by atoms with van der Waals surface area (Å²) in [6, 6.07) is 3.95. The minimum absolute atomic E-state index is 0.0157. The third-order valence-electron chi connectivity index (χ3n) is 4.86. The Bertz CT molecular complexity index is 498. The van der Waals surface area contributed by atoms with Gasteiger partial charge in [0.2, 0.25) is 0 Å². The number of carbonyl (C=O) groups is 1. The first-order chi connectivity index (χ1) is 10.3. The van der Waals surface area contributed by atoms with Crippen LogP contribution in [0.15, 0.2) is 22.8 Å². The van der Waals surface area contributed by atoms with Gasteiger partial charge in [-0.05, 0) is 37.3 Å². The second-order valence-corrected chi connectivity index (χ2v) is 6.51. The summed E-state index contributed by atoms with van der Waals surface area (Å²) in [5.74, 6) is 1.28. The largest absolute Gasteiger partial charge is 0.459 e. The summed E-state index contributed by atoms with van der Waals surface area (Å²) in [7, 11) is 0. The van der Waals surface area contributed by atoms with Gasteiger partial charge in [-0.2, -0.15) is 0 Å². The highest BCUT2D eigenvalue weighted by molar-refractivity contribution is 5.91. The maximum Gasteiger partial charge on any atom is 0.289 e. The van der Waals surface area contributed by atoms with E-state index in [1.54, 1.807) is 18.4 Å². The van der Waals surface area contributed by atoms with Gasteiger partial charge in [0.25, 0.3) is 5.91 Å². The van der Waals surface area contributed by atoms with E-state index in [-0.39, 0.29) is 5.91 Å². The predicted molar refractivity (Wildman–Crippen MR) is 77.1 cm³/mol. The Labute approximate surface area is 124 Å². The Morgan fingerprint density at radius 3 is 3.00 bits per heavy atom. The summed E-state index contributed by atoms with van der Waals surface area (Å²) >= 11 is 0. The quantitative estimate of drug-likeness (QED) is 0.845. The molecule has 3 fully saturated rings. The molecule has 5 nitrogen and oxygen atoms in total. The molecule has 4 rings (SSSR count). The average molecular weight is 290 g/mol. The number of hydrogen-bond acceptors (Lipinski definition) is 4. The molecule has 0 bridgehead atoms. The molecule has 114 valence electrons. The number of nitrogens with zero attached hydrogens (tertiary/aromatic N) is 2. The van der Waals surface area contributed by atoms with Gasteiger partial charge in [-0.1, -0.05) is 0 Å². The van der Waals surface area contributed by atoms with Crippen molar-refractivity contribution in [1.29, 1.82) is 0 Å². The lowest BCUT2D eigenvalue weighted by atomic mass is 10.1. The molecule has 1 saturated carbocycles. The summed E-state index contributed by atoms with van der Waals surface area (Å²) < 4.78 is 11.2. The van der Waals surface area contributed by atoms with Gasteiger partial charge in [-0.25, -0.2) is 0 Å². The molecule has 21 heavy (non-hydrogen) atoms. The summed E-state index contributed by atoms with van der Waals surface area (Å²) in [6.07, 6.45) is 5.64. The van der Waals surface area contributed by atoms with E-state index < -0.39 is 0 Å². The van der Waals surface area contributed by atoms with Crippen LogP contribution in [0.1, 0.15) is 29.8 Å². The topological polar surface area (TPSA) is 45.9 Å². The van der Waals surface area contributed by atoms with Gasteiger partial charge in [0, 0.05) is 38.8 Å². The second kappa shape index (κ2) is 5.46. The normalized spacial score (nSPS) is 29.6. The van der Waals surface area contributed by atoms with Crippen LogP contribution < -0.4 is 0 Å². The summed E-state index contributed by atoms with van der Waals surface area (Å²) in [6.45, 7) is 4.48. The van der Waals surface area contributed by atoms with Crippen molar-refractivity contribution in [2.75, 3.05) is 32.8 Å². The first kappa shape index (κ1) is 13.3. The zero-order chi connectivity index (χ0) is 14.2. The van der Waals surface area contributed by atoms with Crippen molar-refractivity contribution < 1.29 is 13.9 Å². The van der Waals surface area contributed by atoms with Crippen LogP contribution in [0, 0.1) is 5.92 Å². The molecule has 3 heterocycles. The number of fused-ring (bicyclic) bond motifs is 1. The first-order valence-electron chi connectivity index (χ1n) is 7.98. The summed E-state index contributed by atoms with van der Waals surface area (Å²) in [5.41, 5.74) is 0. The minimum atomic E-state index is 0.0157. The van der Waals surface area contributed by atoms with Crippen LogP contribution >= 0.6 is 0 Å². The van der Waals surface area contributed by atoms with Gasteiger partial charge in [-0.3, -0.25) is 9.69 Å². The standard InChI is InChI=1S/C16H22N2O3/c19-16(15-2-1-7-20-15)18-6-5-17-10-14(8-13(17)9-18)21-11-12-3-4-12/h1-2,7,12-14H,3-6,8-11H2/t13-,14+/m1/s1. The molecule has 0 spiro atoms. The smallest absolute Gasteiger partial charge is 0.289 e. The lowest BCUT2D eigenvalue weighted by Gasteiger charge is -2.36. The van der Waals surface area contributed by atoms with E-state index in [2.05, 4.69) is 4.90 Å². The van der Waals surface area contributed by atoms with E-state index in [1.807, 2.05) is 4.90 Å². The Kier molecular flexibility index (Phi) is 3.47. The number of ether oxygens (including phenoxy) is 1. The molecule has 3 aliphatic rings. The van der Waals surface area contributed by atoms with Crippen LogP contribution in [0.2, 0.25) is 0 Å². The van der Waals surface area contributed by atoms with Crippen LogP contribution in [-0.4, -0.2) is 60.6 Å². The molecular weight excluding hydrogens is 268 g/mol. The van der Waals surface area contributed by atoms with Crippen molar-refractivity contribution in [2.45, 2.75) is 31.4 Å². The number of amides is 1. The number of piperazine rings is 1. The van der Waals surface area contributed by atoms with Gasteiger partial charge in [-0.15, -0.1) is 0 Å². The third-order valence-corrected chi connectivity index (χ3v) is 4.86. The van der Waals surface area contributed by atoms with Gasteiger partial charge in [0.15, 0.2) is 5.76 Å². The maximum atomic E-state index is 12.3. The van der Waals surface area contributed by atoms with Crippen LogP contribution in [0.25, 0.3) is 0 Å². The minimum Gasteiger partial charge on any atom is -0.459 e. The SMILES string of the molecule is O=C(c1ccco1)N1CCN2C[C@@H](OCC3CC3)C[C@@H]2C1. The number of carbonyl (C=O) groups excluding carboxylic acids is 1. The van der Waals surface area contributed by atoms with Crippen LogP contribution in [-0.2, 0) is 4.74 Å². The monoisotopic (exact) mass is 290 g/mol. The Morgan fingerprint density at radius 1 is 1.33 bits per heavy atom. The second-order valence-electron chi connectivity index (χ2n) is 6.51. The fourth-order valence-electron chi connectivity index (χ4n) is 3.41. The van der Waals surface area contributed by atoms with Gasteiger partial charge < -0.3 is 14.1 Å². The molecule has 2 aliphatic heterocycles. The van der Waals surface area contributed by atoms with E-state index in [9.17, 15) is 4.79 Å². The highest BCUT2D eigenvalue weighted by Gasteiger charge is 2.38. The number of rotatable bonds is 4. The molecule has 0 N–H and O–H groups in total. The lowest BCUT2D eigenvalue weighted by Crippen LogP contribution is -2.52. The van der Waals surface area contributed by atoms with E-state index >= 15 is 0 Å². The van der Waals surface area contributed by atoms with Gasteiger partial charge >= 0.3 is 0 Å². The van der Waals surface area contributed by atoms with E-state index in [0.717, 1.165) is 45.1 Å². The van der Waals surface area contributed by atoms with Gasteiger partial charge in [0.05, 0.1) is 12.4 Å². The zero-order valence-electron chi connectivity index (χ0n) is 12.2. The van der Waals surface area contributed by atoms with Crippen molar-refractivity contribution >= 4 is 5.91 Å². The fourth-order valence-corrected chi connectivity index (χ4v) is 3.41. The van der Waals surface area contributed by atoms with Crippen LogP contribution in [0.4, 0.5) is 0 Å². The van der Waals surface area contributed by atoms with Crippen molar-refractivity contribution in [3.63, 3.8) is 0 Å². The maximum absolute atomic E-state index is 12.3. The Balaban J connectivity index is 1.33. The highest BCUT2D eigenvalue weighted by Crippen LogP contribution is 2.31. The van der Waals surface area contributed by atoms with E-state index in [0.29, 0.717) is 17.9 Å². The molecule has 2 saturated heterocycles. The molecule has 0 unspecified atom stereocenters. The van der Waals surface area contributed by atoms with Crippen molar-refractivity contribution in [3.05, 3.63) is 24.2 Å². The van der Waals surface area contributed by atoms with Crippen molar-refractivity contribution in [1.82, 2.24) is 9.80 Å². The summed E-state index contributed by atoms with van der Waals surface area (Å²) in [5, 5.41) is 0. The molecular formula is C16H22N2O3. The molecule has 1 aliphatic carbocycles. The predicted octanol–water partition coefficient (Wildman–Crippen LogP) is 1.60. The molecule has 0 radical (unpaired) electrons. The lowest BCUT2D eigenvalue weighted by molar-refractivity contribution is 0.0483. The molecule has 1 amide bonds. The first-order valence-corrected chi connectivity index (χ1v) is 7.98. The highest BCUT2D eigenvalue weighted by atomic mass is 16.5. The Morgan fingerprint density at radius 2 is 2.24 bits per heavy atom. The van der Waals surface area contributed by atoms with Crippen molar-refractivity contribution in [2.24, 2.45) is 5.92 Å². The van der Waals surface area contributed by atoms with E-state index in [1.165, 1.54) is 12.8 Å². The molecule has 1 aromatic heterocycles. The molecule has 2 atom stereocenters. The fraction of sp³-hybridized carbons (Fsp3) is 0.688. The van der Waals surface area contributed by atoms with E-state index in [4.69, 9.17) is 9.15 Å². The van der Waals surface area contributed by atoms with Crippen molar-refractivity contribution in [3.8, 4) is 0 Å². The van der Waals surface area contributed by atoms with Gasteiger partial charge in [0.1, 0.15) is 0 Å². The molecule has 5 heteroatoms. The zero-order valence-corrected chi connectivity index (χ0v) is 12.2. The third kappa shape index (κ3) is 2.85. The number of hydrogen-bond donors (Lipinski definition) is 0. The molecule has 1 aromatic rings. The number of furan rings is 1.